The van der Waals surface area contributed by atoms with E-state index in [1.54, 1.807) is 24.3 Å². The standard InChI is InChI=1S/C28H25NO6S/c30-25-19-13-7-8-14-20(19)26(31)29(25)22-24(32-15-17-9-3-1-4-10-17)23-21(34-28(22)36)16-33-27(35-23)18-11-5-2-6-12-18/h1-14,21-24,27-28,36H,15-16H2/t21-,22-,23-,24-,27?,28+/m1/s1. The van der Waals surface area contributed by atoms with Crippen molar-refractivity contribution in [2.24, 2.45) is 0 Å². The molecular weight excluding hydrogens is 478 g/mol. The summed E-state index contributed by atoms with van der Waals surface area (Å²) >= 11 is 4.68. The molecule has 0 aromatic heterocycles. The molecule has 36 heavy (non-hydrogen) atoms. The Morgan fingerprint density at radius 1 is 0.833 bits per heavy atom. The van der Waals surface area contributed by atoms with Crippen LogP contribution in [0.25, 0.3) is 0 Å². The molecule has 0 radical (unpaired) electrons. The summed E-state index contributed by atoms with van der Waals surface area (Å²) in [5.41, 5.74) is 1.77. The van der Waals surface area contributed by atoms with Crippen molar-refractivity contribution in [1.29, 1.82) is 0 Å². The number of carbonyl (C=O) groups excluding carboxylic acids is 2. The summed E-state index contributed by atoms with van der Waals surface area (Å²) in [6.45, 7) is 0.538. The molecule has 8 heteroatoms. The highest BCUT2D eigenvalue weighted by molar-refractivity contribution is 7.80. The van der Waals surface area contributed by atoms with E-state index in [2.05, 4.69) is 12.6 Å². The van der Waals surface area contributed by atoms with Crippen molar-refractivity contribution < 1.29 is 28.5 Å². The third kappa shape index (κ3) is 4.15. The molecule has 6 atom stereocenters. The van der Waals surface area contributed by atoms with Crippen molar-refractivity contribution in [3.05, 3.63) is 107 Å². The second kappa shape index (κ2) is 9.80. The first-order valence-corrected chi connectivity index (χ1v) is 12.4. The molecule has 0 spiro atoms. The van der Waals surface area contributed by atoms with E-state index in [0.29, 0.717) is 11.1 Å². The lowest BCUT2D eigenvalue weighted by Crippen LogP contribution is -2.66. The molecule has 6 rings (SSSR count). The van der Waals surface area contributed by atoms with Gasteiger partial charge in [0.1, 0.15) is 29.8 Å². The van der Waals surface area contributed by atoms with Gasteiger partial charge in [-0.2, -0.15) is 0 Å². The Balaban J connectivity index is 1.35. The van der Waals surface area contributed by atoms with Gasteiger partial charge in [0.25, 0.3) is 11.8 Å². The van der Waals surface area contributed by atoms with Gasteiger partial charge in [0, 0.05) is 5.56 Å². The number of hydrogen-bond acceptors (Lipinski definition) is 7. The van der Waals surface area contributed by atoms with Crippen molar-refractivity contribution in [1.82, 2.24) is 4.90 Å². The van der Waals surface area contributed by atoms with Gasteiger partial charge in [0.15, 0.2) is 6.29 Å². The summed E-state index contributed by atoms with van der Waals surface area (Å²) < 4.78 is 25.0. The molecule has 2 saturated heterocycles. The predicted octanol–water partition coefficient (Wildman–Crippen LogP) is 4.01. The Morgan fingerprint density at radius 2 is 1.44 bits per heavy atom. The van der Waals surface area contributed by atoms with Gasteiger partial charge in [-0.25, -0.2) is 0 Å². The first-order chi connectivity index (χ1) is 17.6. The number of rotatable bonds is 5. The molecule has 3 aromatic rings. The molecule has 0 saturated carbocycles. The van der Waals surface area contributed by atoms with E-state index in [1.165, 1.54) is 4.90 Å². The molecule has 2 amide bonds. The fourth-order valence-electron chi connectivity index (χ4n) is 5.07. The van der Waals surface area contributed by atoms with Crippen LogP contribution in [0.4, 0.5) is 0 Å². The van der Waals surface area contributed by atoms with Crippen LogP contribution in [-0.2, 0) is 25.6 Å². The summed E-state index contributed by atoms with van der Waals surface area (Å²) in [6.07, 6.45) is -2.38. The van der Waals surface area contributed by atoms with Crippen LogP contribution in [0.3, 0.4) is 0 Å². The summed E-state index contributed by atoms with van der Waals surface area (Å²) in [5, 5.41) is 0. The Bertz CT molecular complexity index is 1220. The Labute approximate surface area is 214 Å². The summed E-state index contributed by atoms with van der Waals surface area (Å²) in [6, 6.07) is 25.3. The normalized spacial score (nSPS) is 29.6. The topological polar surface area (TPSA) is 74.3 Å². The van der Waals surface area contributed by atoms with Gasteiger partial charge in [-0.15, -0.1) is 12.6 Å². The Morgan fingerprint density at radius 3 is 2.11 bits per heavy atom. The maximum atomic E-state index is 13.4. The van der Waals surface area contributed by atoms with Gasteiger partial charge in [0.2, 0.25) is 0 Å². The maximum absolute atomic E-state index is 13.4. The van der Waals surface area contributed by atoms with E-state index in [4.69, 9.17) is 18.9 Å². The first kappa shape index (κ1) is 23.4. The number of nitrogens with zero attached hydrogens (tertiary/aromatic N) is 1. The number of hydrogen-bond donors (Lipinski definition) is 1. The van der Waals surface area contributed by atoms with Crippen LogP contribution < -0.4 is 0 Å². The molecule has 2 fully saturated rings. The van der Waals surface area contributed by atoms with Gasteiger partial charge in [-0.3, -0.25) is 14.5 Å². The highest BCUT2D eigenvalue weighted by Crippen LogP contribution is 2.40. The summed E-state index contributed by atoms with van der Waals surface area (Å²) in [5.74, 6) is -0.775. The zero-order chi connectivity index (χ0) is 24.6. The fraction of sp³-hybridized carbons (Fsp3) is 0.286. The van der Waals surface area contributed by atoms with Crippen LogP contribution in [0.5, 0.6) is 0 Å². The van der Waals surface area contributed by atoms with Gasteiger partial charge < -0.3 is 18.9 Å². The van der Waals surface area contributed by atoms with Crippen LogP contribution in [0.1, 0.15) is 38.1 Å². The van der Waals surface area contributed by atoms with Gasteiger partial charge in [0.05, 0.1) is 24.3 Å². The average Bonchev–Trinajstić information content (AvgIpc) is 3.17. The molecule has 0 bridgehead atoms. The second-order valence-electron chi connectivity index (χ2n) is 9.02. The van der Waals surface area contributed by atoms with Crippen molar-refractivity contribution in [3.8, 4) is 0 Å². The molecule has 184 valence electrons. The number of thiol groups is 1. The third-order valence-electron chi connectivity index (χ3n) is 6.81. The smallest absolute Gasteiger partial charge is 0.262 e. The lowest BCUT2D eigenvalue weighted by Gasteiger charge is -2.50. The van der Waals surface area contributed by atoms with Crippen molar-refractivity contribution >= 4 is 24.4 Å². The average molecular weight is 504 g/mol. The highest BCUT2D eigenvalue weighted by atomic mass is 32.1. The minimum absolute atomic E-state index is 0.265. The third-order valence-corrected chi connectivity index (χ3v) is 7.23. The number of imide groups is 1. The molecule has 7 nitrogen and oxygen atoms in total. The van der Waals surface area contributed by atoms with E-state index in [1.807, 2.05) is 60.7 Å². The molecule has 3 aliphatic heterocycles. The van der Waals surface area contributed by atoms with E-state index in [-0.39, 0.29) is 25.0 Å². The number of ether oxygens (including phenoxy) is 4. The minimum Gasteiger partial charge on any atom is -0.368 e. The molecule has 0 N–H and O–H groups in total. The quantitative estimate of drug-likeness (QED) is 0.419. The Kier molecular flexibility index (Phi) is 6.37. The molecule has 1 unspecified atom stereocenters. The molecule has 3 aliphatic rings. The van der Waals surface area contributed by atoms with E-state index < -0.39 is 36.1 Å². The van der Waals surface area contributed by atoms with Crippen molar-refractivity contribution in [2.75, 3.05) is 6.61 Å². The summed E-state index contributed by atoms with van der Waals surface area (Å²) in [4.78, 5) is 28.1. The second-order valence-corrected chi connectivity index (χ2v) is 9.53. The van der Waals surface area contributed by atoms with E-state index >= 15 is 0 Å². The lowest BCUT2D eigenvalue weighted by molar-refractivity contribution is -0.316. The largest absolute Gasteiger partial charge is 0.368 e. The zero-order valence-electron chi connectivity index (χ0n) is 19.3. The van der Waals surface area contributed by atoms with Crippen molar-refractivity contribution in [3.63, 3.8) is 0 Å². The number of benzene rings is 3. The van der Waals surface area contributed by atoms with Crippen LogP contribution >= 0.6 is 12.6 Å². The minimum atomic E-state index is -0.805. The zero-order valence-corrected chi connectivity index (χ0v) is 20.2. The molecule has 0 aliphatic carbocycles. The number of fused-ring (bicyclic) bond motifs is 2. The molecule has 3 aromatic carbocycles. The molecule has 3 heterocycles. The number of carbonyl (C=O) groups is 2. The van der Waals surface area contributed by atoms with Gasteiger partial charge in [-0.1, -0.05) is 72.8 Å². The first-order valence-electron chi connectivity index (χ1n) is 11.9. The van der Waals surface area contributed by atoms with E-state index in [0.717, 1.165) is 11.1 Å². The predicted molar refractivity (Wildman–Crippen MR) is 133 cm³/mol. The SMILES string of the molecule is O=C1c2ccccc2C(=O)N1[C@@H]1[C@@H](OCc2ccccc2)[C@@H]2OC(c3ccccc3)OC[C@H]2O[C@H]1S. The van der Waals surface area contributed by atoms with Crippen LogP contribution in [0.2, 0.25) is 0 Å². The highest BCUT2D eigenvalue weighted by Gasteiger charge is 2.55. The number of amides is 2. The lowest BCUT2D eigenvalue weighted by atomic mass is 9.95. The van der Waals surface area contributed by atoms with Gasteiger partial charge >= 0.3 is 0 Å². The van der Waals surface area contributed by atoms with Crippen LogP contribution in [0, 0.1) is 0 Å². The van der Waals surface area contributed by atoms with Gasteiger partial charge in [-0.05, 0) is 17.7 Å². The summed E-state index contributed by atoms with van der Waals surface area (Å²) in [7, 11) is 0. The fourth-order valence-corrected chi connectivity index (χ4v) is 5.53. The van der Waals surface area contributed by atoms with Crippen LogP contribution in [0.15, 0.2) is 84.9 Å². The maximum Gasteiger partial charge on any atom is 0.262 e. The van der Waals surface area contributed by atoms with Crippen molar-refractivity contribution in [2.45, 2.75) is 42.7 Å². The van der Waals surface area contributed by atoms with E-state index in [9.17, 15) is 9.59 Å². The monoisotopic (exact) mass is 503 g/mol. The molecular formula is C28H25NO6S. The van der Waals surface area contributed by atoms with Crippen LogP contribution in [-0.4, -0.2) is 53.1 Å². The Hall–Kier alpha value is -3.01.